The van der Waals surface area contributed by atoms with E-state index in [2.05, 4.69) is 53.4 Å². The molecule has 5 aromatic rings. The number of carbonyl (C=O) groups excluding carboxylic acids is 4. The highest BCUT2D eigenvalue weighted by Crippen LogP contribution is 2.34. The molecule has 6 rings (SSSR count). The molecule has 77 heavy (non-hydrogen) atoms. The smallest absolute Gasteiger partial charge is 0.246 e. The van der Waals surface area contributed by atoms with Crippen LogP contribution < -0.4 is 31.7 Å². The molecule has 24 heteroatoms. The largest absolute Gasteiger partial charge is 0.490 e. The van der Waals surface area contributed by atoms with E-state index < -0.39 is 35.1 Å². The van der Waals surface area contributed by atoms with E-state index in [4.69, 9.17) is 34.3 Å². The topological polar surface area (TPSA) is 306 Å². The summed E-state index contributed by atoms with van der Waals surface area (Å²) < 4.78 is 29.6. The van der Waals surface area contributed by atoms with E-state index in [1.807, 2.05) is 69.0 Å². The number of nitrogens with zero attached hydrogens (tertiary/aromatic N) is 7. The van der Waals surface area contributed by atoms with Gasteiger partial charge in [0.15, 0.2) is 23.1 Å². The van der Waals surface area contributed by atoms with Crippen LogP contribution in [0.3, 0.4) is 0 Å². The molecule has 0 bridgehead atoms. The number of nitrogen functional groups attached to an aromatic ring is 1. The molecule has 0 unspecified atom stereocenters. The van der Waals surface area contributed by atoms with Gasteiger partial charge in [0.05, 0.1) is 74.6 Å². The lowest BCUT2D eigenvalue weighted by Gasteiger charge is -2.35. The number of aryl methyl sites for hydroxylation is 2. The fourth-order valence-corrected chi connectivity index (χ4v) is 9.12. The summed E-state index contributed by atoms with van der Waals surface area (Å²) in [4.78, 5) is 68.8. The number of thiazole rings is 1. The number of aromatic nitrogens is 6. The Kier molecular flexibility index (Phi) is 22.2. The Morgan fingerprint density at radius 1 is 0.909 bits per heavy atom. The van der Waals surface area contributed by atoms with Crippen LogP contribution >= 0.6 is 11.3 Å². The molecule has 1 aromatic carbocycles. The maximum Gasteiger partial charge on any atom is 0.246 e. The number of carbonyl (C=O) groups is 4. The van der Waals surface area contributed by atoms with Gasteiger partial charge in [0.1, 0.15) is 34.4 Å². The predicted molar refractivity (Wildman–Crippen MR) is 288 cm³/mol. The highest BCUT2D eigenvalue weighted by Gasteiger charge is 2.44. The number of likely N-dealkylation sites (tertiary alicyclic amines) is 1. The summed E-state index contributed by atoms with van der Waals surface area (Å²) in [6, 6.07) is 6.02. The van der Waals surface area contributed by atoms with Gasteiger partial charge >= 0.3 is 0 Å². The molecule has 1 aliphatic heterocycles. The van der Waals surface area contributed by atoms with Crippen LogP contribution in [-0.4, -0.2) is 165 Å². The average molecular weight is 1090 g/mol. The van der Waals surface area contributed by atoms with Crippen molar-refractivity contribution in [3.63, 3.8) is 0 Å². The number of benzene rings is 1. The third kappa shape index (κ3) is 17.7. The Labute approximate surface area is 452 Å². The summed E-state index contributed by atoms with van der Waals surface area (Å²) in [6.45, 7) is 17.0. The molecular formula is C53H74N12O11S. The van der Waals surface area contributed by atoms with Crippen molar-refractivity contribution in [1.29, 1.82) is 0 Å². The number of pyridine rings is 1. The number of hydrogen-bond donors (Lipinski definition) is 7. The lowest BCUT2D eigenvalue weighted by molar-refractivity contribution is -0.144. The Morgan fingerprint density at radius 2 is 1.62 bits per heavy atom. The number of rotatable bonds is 29. The third-order valence-electron chi connectivity index (χ3n) is 12.3. The van der Waals surface area contributed by atoms with Gasteiger partial charge in [-0.2, -0.15) is 0 Å². The van der Waals surface area contributed by atoms with Gasteiger partial charge in [-0.25, -0.2) is 19.6 Å². The molecule has 4 amide bonds. The summed E-state index contributed by atoms with van der Waals surface area (Å²) >= 11 is 1.57. The van der Waals surface area contributed by atoms with Crippen LogP contribution in [0.25, 0.3) is 33.0 Å². The number of ether oxygens (including phenoxy) is 4. The highest BCUT2D eigenvalue weighted by molar-refractivity contribution is 7.13. The third-order valence-corrected chi connectivity index (χ3v) is 13.3. The summed E-state index contributed by atoms with van der Waals surface area (Å²) in [5, 5.41) is 40.3. The molecule has 1 aliphatic rings. The van der Waals surface area contributed by atoms with Gasteiger partial charge in [0.2, 0.25) is 23.6 Å². The lowest BCUT2D eigenvalue weighted by Crippen LogP contribution is -2.57. The van der Waals surface area contributed by atoms with Crippen molar-refractivity contribution < 1.29 is 53.0 Å². The van der Waals surface area contributed by atoms with Crippen LogP contribution in [0.15, 0.2) is 40.6 Å². The quantitative estimate of drug-likeness (QED) is 0.0267. The zero-order valence-corrected chi connectivity index (χ0v) is 45.9. The van der Waals surface area contributed by atoms with Crippen LogP contribution in [0.5, 0.6) is 5.75 Å². The predicted octanol–water partition coefficient (Wildman–Crippen LogP) is 3.14. The Bertz CT molecular complexity index is 2790. The standard InChI is InChI=1S/C53H74N12O11S/c1-8-64-45-40(31-57-38(16-18-53(6,7)71)43(45)61-49(64)44-48(54)63-76-62-44)75-22-10-20-55-19-9-11-41(67)56-21-24-73-26-28-74-27-25-72-23-17-42(68)60-47(52(3,4)5)51(70)65-32-37(66)29-39(65)50(69)58-30-35-12-14-36(15-13-35)46-34(2)59-33-77-46/h12-15,31,33,37,39,47,55,66,71H,8-11,17,19-30,32H2,1-7H3,(H2,54,63)(H,56,67)(H,58,69)(H,60,68)/t37-,39+,47-/m1/s1. The van der Waals surface area contributed by atoms with Gasteiger partial charge in [-0.3, -0.25) is 19.2 Å². The van der Waals surface area contributed by atoms with Crippen molar-refractivity contribution >= 4 is 51.8 Å². The fourth-order valence-electron chi connectivity index (χ4n) is 8.31. The fraction of sp³-hybridized carbons (Fsp3) is 0.566. The van der Waals surface area contributed by atoms with E-state index in [1.165, 1.54) is 4.90 Å². The van der Waals surface area contributed by atoms with Crippen molar-refractivity contribution in [2.75, 3.05) is 78.2 Å². The molecule has 418 valence electrons. The van der Waals surface area contributed by atoms with Gasteiger partial charge in [-0.05, 0) is 86.4 Å². The number of anilines is 1. The Hall–Kier alpha value is -6.59. The molecule has 1 saturated heterocycles. The summed E-state index contributed by atoms with van der Waals surface area (Å²) in [5.74, 6) is 5.48. The number of aliphatic hydroxyl groups is 2. The van der Waals surface area contributed by atoms with Gasteiger partial charge in [0, 0.05) is 45.4 Å². The molecule has 4 aromatic heterocycles. The number of amides is 4. The molecule has 8 N–H and O–H groups in total. The maximum atomic E-state index is 14.0. The van der Waals surface area contributed by atoms with E-state index in [0.29, 0.717) is 100 Å². The molecule has 0 radical (unpaired) electrons. The zero-order chi connectivity index (χ0) is 55.5. The van der Waals surface area contributed by atoms with Crippen LogP contribution in [-0.2, 0) is 46.5 Å². The first-order valence-corrected chi connectivity index (χ1v) is 26.8. The van der Waals surface area contributed by atoms with Gasteiger partial charge < -0.3 is 65.6 Å². The number of aliphatic hydroxyl groups excluding tert-OH is 1. The zero-order valence-electron chi connectivity index (χ0n) is 45.1. The molecular weight excluding hydrogens is 1010 g/mol. The summed E-state index contributed by atoms with van der Waals surface area (Å²) in [7, 11) is 0. The number of nitrogens with one attached hydrogen (secondary N) is 4. The van der Waals surface area contributed by atoms with Crippen molar-refractivity contribution in [1.82, 2.24) is 56.0 Å². The maximum absolute atomic E-state index is 14.0. The minimum Gasteiger partial charge on any atom is -0.490 e. The number of nitrogens with two attached hydrogens (primary N) is 1. The Balaban J connectivity index is 0.779. The monoisotopic (exact) mass is 1090 g/mol. The van der Waals surface area contributed by atoms with Crippen LogP contribution in [0.1, 0.15) is 90.6 Å². The number of imidazole rings is 1. The second-order valence-electron chi connectivity index (χ2n) is 20.1. The summed E-state index contributed by atoms with van der Waals surface area (Å²) in [6.07, 6.45) is 2.52. The Morgan fingerprint density at radius 3 is 2.29 bits per heavy atom. The van der Waals surface area contributed by atoms with Crippen molar-refractivity contribution in [2.24, 2.45) is 5.41 Å². The average Bonchev–Trinajstić information content (AvgIpc) is 4.23. The highest BCUT2D eigenvalue weighted by atomic mass is 32.1. The SMILES string of the molecule is CCn1c(-c2nonc2N)nc2c(C#CC(C)(C)O)ncc(OCCCNCCCC(=O)NCCOCCOCCOCCC(=O)N[C@H](C(=O)N3C[C@H](O)C[C@H]3C(=O)NCc3ccc(-c4scnc4C)cc3)C(C)(C)C)c21. The van der Waals surface area contributed by atoms with Gasteiger partial charge in [-0.15, -0.1) is 11.3 Å². The van der Waals surface area contributed by atoms with E-state index >= 15 is 0 Å². The number of β-amino-alcohol motifs (C(OH)–C–C–N with tert-alkyl or cyclic N) is 1. The molecule has 23 nitrogen and oxygen atoms in total. The van der Waals surface area contributed by atoms with E-state index in [1.54, 1.807) is 31.4 Å². The summed E-state index contributed by atoms with van der Waals surface area (Å²) in [5.41, 5.74) is 10.5. The van der Waals surface area contributed by atoms with Crippen molar-refractivity contribution in [3.8, 4) is 39.5 Å². The van der Waals surface area contributed by atoms with Crippen molar-refractivity contribution in [3.05, 3.63) is 52.9 Å². The first-order chi connectivity index (χ1) is 36.8. The van der Waals surface area contributed by atoms with Gasteiger partial charge in [-0.1, -0.05) is 51.0 Å². The molecule has 0 saturated carbocycles. The first kappa shape index (κ1) is 59.7. The van der Waals surface area contributed by atoms with E-state index in [-0.39, 0.29) is 75.0 Å². The minimum atomic E-state index is -1.23. The second-order valence-corrected chi connectivity index (χ2v) is 20.9. The molecule has 3 atom stereocenters. The molecule has 0 aliphatic carbocycles. The van der Waals surface area contributed by atoms with Crippen molar-refractivity contribution in [2.45, 2.75) is 117 Å². The molecule has 0 spiro atoms. The molecule has 1 fully saturated rings. The normalized spacial score (nSPS) is 15.1. The molecule has 5 heterocycles. The van der Waals surface area contributed by atoms with Crippen LogP contribution in [0, 0.1) is 24.2 Å². The first-order valence-electron chi connectivity index (χ1n) is 26.0. The van der Waals surface area contributed by atoms with E-state index in [0.717, 1.165) is 21.7 Å². The van der Waals surface area contributed by atoms with Crippen LogP contribution in [0.2, 0.25) is 0 Å². The number of hydrogen-bond acceptors (Lipinski definition) is 19. The lowest BCUT2D eigenvalue weighted by atomic mass is 9.85. The minimum absolute atomic E-state index is 0.00794. The van der Waals surface area contributed by atoms with E-state index in [9.17, 15) is 29.4 Å². The van der Waals surface area contributed by atoms with Crippen LogP contribution in [0.4, 0.5) is 5.82 Å². The van der Waals surface area contributed by atoms with Gasteiger partial charge in [0.25, 0.3) is 0 Å². The second kappa shape index (κ2) is 28.7. The number of fused-ring (bicyclic) bond motifs is 1.